The van der Waals surface area contributed by atoms with Gasteiger partial charge in [-0.15, -0.1) is 0 Å². The van der Waals surface area contributed by atoms with Crippen LogP contribution in [0.25, 0.3) is 23.3 Å². The minimum Gasteiger partial charge on any atom is -0.462 e. The van der Waals surface area contributed by atoms with E-state index in [0.29, 0.717) is 23.9 Å². The average Bonchev–Trinajstić information content (AvgIpc) is 3.38. The molecular formula is C20H20N4O2. The Kier molecular flexibility index (Phi) is 4.39. The van der Waals surface area contributed by atoms with Crippen LogP contribution in [0.1, 0.15) is 35.7 Å². The predicted molar refractivity (Wildman–Crippen MR) is 102 cm³/mol. The first-order valence-electron chi connectivity index (χ1n) is 8.79. The minimum atomic E-state index is -0.363. The Balaban J connectivity index is 1.73. The van der Waals surface area contributed by atoms with Gasteiger partial charge >= 0.3 is 5.97 Å². The molecule has 0 aliphatic heterocycles. The van der Waals surface area contributed by atoms with Crippen LogP contribution in [-0.4, -0.2) is 33.4 Å². The maximum Gasteiger partial charge on any atom is 0.341 e. The fourth-order valence-electron chi connectivity index (χ4n) is 2.78. The third-order valence-electron chi connectivity index (χ3n) is 4.25. The van der Waals surface area contributed by atoms with Crippen molar-refractivity contribution < 1.29 is 9.53 Å². The van der Waals surface area contributed by atoms with E-state index in [2.05, 4.69) is 15.4 Å². The van der Waals surface area contributed by atoms with Crippen LogP contribution in [0.2, 0.25) is 0 Å². The lowest BCUT2D eigenvalue weighted by Crippen LogP contribution is -2.12. The van der Waals surface area contributed by atoms with Gasteiger partial charge in [0.1, 0.15) is 5.56 Å². The van der Waals surface area contributed by atoms with Crippen LogP contribution in [0.4, 0.5) is 5.69 Å². The van der Waals surface area contributed by atoms with Crippen LogP contribution in [0, 0.1) is 0 Å². The molecule has 1 aliphatic rings. The number of nitrogens with one attached hydrogen (secondary N) is 1. The van der Waals surface area contributed by atoms with Crippen LogP contribution < -0.4 is 5.32 Å². The largest absolute Gasteiger partial charge is 0.462 e. The Morgan fingerprint density at radius 1 is 1.31 bits per heavy atom. The van der Waals surface area contributed by atoms with E-state index < -0.39 is 0 Å². The SMILES string of the molecule is CCOC(=O)c1cnc2c(cnn2/C=C/c2ccccc2)c1NC1CC1. The summed E-state index contributed by atoms with van der Waals surface area (Å²) in [5, 5.41) is 8.68. The molecule has 4 rings (SSSR count). The Hall–Kier alpha value is -3.15. The molecule has 0 spiro atoms. The topological polar surface area (TPSA) is 69.0 Å². The number of carbonyl (C=O) groups excluding carboxylic acids is 1. The molecule has 2 aromatic heterocycles. The molecule has 132 valence electrons. The van der Waals surface area contributed by atoms with Gasteiger partial charge in [0.2, 0.25) is 0 Å². The van der Waals surface area contributed by atoms with E-state index in [1.807, 2.05) is 42.6 Å². The van der Waals surface area contributed by atoms with E-state index in [-0.39, 0.29) is 5.97 Å². The highest BCUT2D eigenvalue weighted by Gasteiger charge is 2.26. The summed E-state index contributed by atoms with van der Waals surface area (Å²) in [5.41, 5.74) is 3.00. The van der Waals surface area contributed by atoms with Crippen molar-refractivity contribution in [1.82, 2.24) is 14.8 Å². The van der Waals surface area contributed by atoms with E-state index in [4.69, 9.17) is 4.74 Å². The number of hydrogen-bond acceptors (Lipinski definition) is 5. The quantitative estimate of drug-likeness (QED) is 0.686. The second-order valence-electron chi connectivity index (χ2n) is 6.24. The van der Waals surface area contributed by atoms with Crippen molar-refractivity contribution in [2.75, 3.05) is 11.9 Å². The molecular weight excluding hydrogens is 328 g/mol. The first kappa shape index (κ1) is 16.3. The van der Waals surface area contributed by atoms with E-state index in [9.17, 15) is 4.79 Å². The summed E-state index contributed by atoms with van der Waals surface area (Å²) in [5.74, 6) is -0.363. The molecule has 1 fully saturated rings. The highest BCUT2D eigenvalue weighted by atomic mass is 16.5. The van der Waals surface area contributed by atoms with Gasteiger partial charge in [-0.3, -0.25) is 0 Å². The average molecular weight is 348 g/mol. The van der Waals surface area contributed by atoms with Gasteiger partial charge in [-0.1, -0.05) is 30.3 Å². The zero-order valence-electron chi connectivity index (χ0n) is 14.6. The third kappa shape index (κ3) is 3.31. The monoisotopic (exact) mass is 348 g/mol. The maximum absolute atomic E-state index is 12.3. The van der Waals surface area contributed by atoms with Crippen molar-refractivity contribution in [2.45, 2.75) is 25.8 Å². The number of anilines is 1. The second-order valence-corrected chi connectivity index (χ2v) is 6.24. The molecule has 1 saturated carbocycles. The fourth-order valence-corrected chi connectivity index (χ4v) is 2.78. The molecule has 2 heterocycles. The van der Waals surface area contributed by atoms with E-state index in [0.717, 1.165) is 29.5 Å². The van der Waals surface area contributed by atoms with Crippen LogP contribution in [0.3, 0.4) is 0 Å². The third-order valence-corrected chi connectivity index (χ3v) is 4.25. The Labute approximate surface area is 151 Å². The number of rotatable bonds is 6. The summed E-state index contributed by atoms with van der Waals surface area (Å²) in [6, 6.07) is 10.4. The van der Waals surface area contributed by atoms with Gasteiger partial charge in [0.25, 0.3) is 0 Å². The van der Waals surface area contributed by atoms with E-state index in [1.54, 1.807) is 24.0 Å². The van der Waals surface area contributed by atoms with Crippen molar-refractivity contribution in [2.24, 2.45) is 0 Å². The minimum absolute atomic E-state index is 0.332. The highest BCUT2D eigenvalue weighted by molar-refractivity contribution is 6.04. The molecule has 26 heavy (non-hydrogen) atoms. The van der Waals surface area contributed by atoms with Crippen LogP contribution in [0.15, 0.2) is 42.7 Å². The van der Waals surface area contributed by atoms with Gasteiger partial charge in [0, 0.05) is 18.4 Å². The van der Waals surface area contributed by atoms with Gasteiger partial charge in [-0.2, -0.15) is 5.10 Å². The molecule has 0 atom stereocenters. The van der Waals surface area contributed by atoms with Crippen molar-refractivity contribution in [3.63, 3.8) is 0 Å². The van der Waals surface area contributed by atoms with Crippen molar-refractivity contribution in [1.29, 1.82) is 0 Å². The molecule has 1 N–H and O–H groups in total. The molecule has 0 bridgehead atoms. The normalized spacial score (nSPS) is 14.0. The summed E-state index contributed by atoms with van der Waals surface area (Å²) in [6.45, 7) is 2.13. The Morgan fingerprint density at radius 2 is 2.12 bits per heavy atom. The van der Waals surface area contributed by atoms with Crippen LogP contribution >= 0.6 is 0 Å². The lowest BCUT2D eigenvalue weighted by molar-refractivity contribution is 0.0527. The molecule has 0 unspecified atom stereocenters. The van der Waals surface area contributed by atoms with Gasteiger partial charge in [0.05, 0.1) is 23.9 Å². The standard InChI is InChI=1S/C20H20N4O2/c1-2-26-20(25)17-12-21-19-16(18(17)23-15-8-9-15)13-22-24(19)11-10-14-6-4-3-5-7-14/h3-7,10-13,15H,2,8-9H2,1H3,(H,21,23)/b11-10+. The number of ether oxygens (including phenoxy) is 1. The zero-order valence-corrected chi connectivity index (χ0v) is 14.6. The number of carbonyl (C=O) groups is 1. The summed E-state index contributed by atoms with van der Waals surface area (Å²) in [7, 11) is 0. The number of benzene rings is 1. The van der Waals surface area contributed by atoms with E-state index in [1.165, 1.54) is 0 Å². The van der Waals surface area contributed by atoms with Crippen molar-refractivity contribution >= 4 is 35.0 Å². The smallest absolute Gasteiger partial charge is 0.341 e. The first-order chi connectivity index (χ1) is 12.8. The molecule has 1 aromatic carbocycles. The van der Waals surface area contributed by atoms with Crippen molar-refractivity contribution in [3.05, 3.63) is 53.9 Å². The predicted octanol–water partition coefficient (Wildman–Crippen LogP) is 3.81. The summed E-state index contributed by atoms with van der Waals surface area (Å²) < 4.78 is 6.89. The zero-order chi connectivity index (χ0) is 17.9. The number of aromatic nitrogens is 3. The van der Waals surface area contributed by atoms with Gasteiger partial charge in [-0.25, -0.2) is 14.5 Å². The van der Waals surface area contributed by atoms with Crippen molar-refractivity contribution in [3.8, 4) is 0 Å². The molecule has 0 amide bonds. The summed E-state index contributed by atoms with van der Waals surface area (Å²) >= 11 is 0. The number of esters is 1. The molecule has 6 nitrogen and oxygen atoms in total. The Morgan fingerprint density at radius 3 is 2.85 bits per heavy atom. The molecule has 3 aromatic rings. The van der Waals surface area contributed by atoms with Crippen LogP contribution in [-0.2, 0) is 4.74 Å². The lowest BCUT2D eigenvalue weighted by Gasteiger charge is -2.11. The van der Waals surface area contributed by atoms with Gasteiger partial charge < -0.3 is 10.1 Å². The fraction of sp³-hybridized carbons (Fsp3) is 0.250. The van der Waals surface area contributed by atoms with Gasteiger partial charge in [-0.05, 0) is 31.4 Å². The van der Waals surface area contributed by atoms with E-state index >= 15 is 0 Å². The second kappa shape index (κ2) is 7.00. The lowest BCUT2D eigenvalue weighted by atomic mass is 10.2. The molecule has 0 radical (unpaired) electrons. The maximum atomic E-state index is 12.3. The number of pyridine rings is 1. The number of hydrogen-bond donors (Lipinski definition) is 1. The molecule has 1 aliphatic carbocycles. The summed E-state index contributed by atoms with van der Waals surface area (Å²) in [4.78, 5) is 16.7. The molecule has 0 saturated heterocycles. The number of nitrogens with zero attached hydrogens (tertiary/aromatic N) is 3. The van der Waals surface area contributed by atoms with Gasteiger partial charge in [0.15, 0.2) is 5.65 Å². The first-order valence-corrected chi connectivity index (χ1v) is 8.79. The number of fused-ring (bicyclic) bond motifs is 1. The van der Waals surface area contributed by atoms with Crippen LogP contribution in [0.5, 0.6) is 0 Å². The summed E-state index contributed by atoms with van der Waals surface area (Å²) in [6.07, 6.45) is 9.36. The highest BCUT2D eigenvalue weighted by Crippen LogP contribution is 2.32. The molecule has 6 heteroatoms. The Bertz CT molecular complexity index is 959.